The molecule has 6 heteroatoms. The third-order valence-corrected chi connectivity index (χ3v) is 6.66. The van der Waals surface area contributed by atoms with Gasteiger partial charge < -0.3 is 15.2 Å². The predicted octanol–water partition coefficient (Wildman–Crippen LogP) is 2.54. The minimum absolute atomic E-state index is 0.0287. The van der Waals surface area contributed by atoms with E-state index >= 15 is 0 Å². The fourth-order valence-electron chi connectivity index (χ4n) is 4.92. The van der Waals surface area contributed by atoms with Crippen LogP contribution in [0.3, 0.4) is 0 Å². The summed E-state index contributed by atoms with van der Waals surface area (Å²) in [7, 11) is 0. The van der Waals surface area contributed by atoms with Gasteiger partial charge >= 0.3 is 0 Å². The SMILES string of the molecule is Cc1ccc(CN2CCN3C(=O)[C@H](Cc4c[nH]c5ccccc45)NC(=O)[C@H]3C2)c(C)c1. The molecule has 5 rings (SSSR count). The van der Waals surface area contributed by atoms with Gasteiger partial charge in [0.25, 0.3) is 0 Å². The highest BCUT2D eigenvalue weighted by Crippen LogP contribution is 2.24. The molecule has 2 aromatic carbocycles. The number of fused-ring (bicyclic) bond motifs is 2. The van der Waals surface area contributed by atoms with Crippen LogP contribution in [0.1, 0.15) is 22.3 Å². The van der Waals surface area contributed by atoms with Crippen LogP contribution in [0.25, 0.3) is 10.9 Å². The maximum atomic E-state index is 13.2. The Morgan fingerprint density at radius 1 is 1.03 bits per heavy atom. The van der Waals surface area contributed by atoms with E-state index in [0.29, 0.717) is 19.5 Å². The van der Waals surface area contributed by atoms with Crippen molar-refractivity contribution in [2.75, 3.05) is 19.6 Å². The number of amides is 2. The summed E-state index contributed by atoms with van der Waals surface area (Å²) in [4.78, 5) is 33.5. The van der Waals surface area contributed by atoms with E-state index in [9.17, 15) is 9.59 Å². The number of hydrogen-bond acceptors (Lipinski definition) is 3. The smallest absolute Gasteiger partial charge is 0.246 e. The summed E-state index contributed by atoms with van der Waals surface area (Å²) in [6.45, 7) is 6.97. The van der Waals surface area contributed by atoms with Crippen LogP contribution in [0.2, 0.25) is 0 Å². The van der Waals surface area contributed by atoms with E-state index in [1.807, 2.05) is 30.5 Å². The van der Waals surface area contributed by atoms with Gasteiger partial charge in [0.15, 0.2) is 0 Å². The Kier molecular flexibility index (Phi) is 5.02. The monoisotopic (exact) mass is 416 g/mol. The number of nitrogens with one attached hydrogen (secondary N) is 2. The van der Waals surface area contributed by atoms with Crippen LogP contribution in [0.4, 0.5) is 0 Å². The van der Waals surface area contributed by atoms with Crippen LogP contribution >= 0.6 is 0 Å². The minimum atomic E-state index is -0.506. The molecule has 2 saturated heterocycles. The van der Waals surface area contributed by atoms with E-state index in [1.165, 1.54) is 16.7 Å². The molecule has 0 unspecified atom stereocenters. The van der Waals surface area contributed by atoms with Crippen molar-refractivity contribution in [3.63, 3.8) is 0 Å². The molecule has 0 aliphatic carbocycles. The number of piperazine rings is 2. The van der Waals surface area contributed by atoms with Crippen molar-refractivity contribution in [1.29, 1.82) is 0 Å². The Morgan fingerprint density at radius 2 is 1.87 bits per heavy atom. The van der Waals surface area contributed by atoms with E-state index in [0.717, 1.165) is 29.6 Å². The molecule has 2 atom stereocenters. The zero-order valence-electron chi connectivity index (χ0n) is 18.0. The van der Waals surface area contributed by atoms with Crippen molar-refractivity contribution in [2.24, 2.45) is 0 Å². The molecule has 31 heavy (non-hydrogen) atoms. The van der Waals surface area contributed by atoms with E-state index in [4.69, 9.17) is 0 Å². The lowest BCUT2D eigenvalue weighted by Gasteiger charge is -2.45. The summed E-state index contributed by atoms with van der Waals surface area (Å²) >= 11 is 0. The van der Waals surface area contributed by atoms with Gasteiger partial charge in [-0.05, 0) is 36.6 Å². The van der Waals surface area contributed by atoms with Crippen molar-refractivity contribution < 1.29 is 9.59 Å². The lowest BCUT2D eigenvalue weighted by molar-refractivity contribution is -0.153. The summed E-state index contributed by atoms with van der Waals surface area (Å²) in [6.07, 6.45) is 2.45. The first-order chi connectivity index (χ1) is 15.0. The Hall–Kier alpha value is -3.12. The number of para-hydroxylation sites is 1. The molecule has 0 saturated carbocycles. The van der Waals surface area contributed by atoms with Gasteiger partial charge in [0, 0.05) is 49.7 Å². The van der Waals surface area contributed by atoms with Gasteiger partial charge in [-0.1, -0.05) is 42.0 Å². The Balaban J connectivity index is 1.28. The van der Waals surface area contributed by atoms with Crippen molar-refractivity contribution >= 4 is 22.7 Å². The molecule has 6 nitrogen and oxygen atoms in total. The molecule has 2 N–H and O–H groups in total. The summed E-state index contributed by atoms with van der Waals surface area (Å²) in [6, 6.07) is 13.6. The molecule has 0 spiro atoms. The summed E-state index contributed by atoms with van der Waals surface area (Å²) in [5.41, 5.74) is 5.90. The maximum absolute atomic E-state index is 13.2. The molecular weight excluding hydrogens is 388 g/mol. The molecule has 0 radical (unpaired) electrons. The van der Waals surface area contributed by atoms with E-state index in [1.54, 1.807) is 4.90 Å². The Labute approximate surface area is 182 Å². The van der Waals surface area contributed by atoms with Crippen molar-refractivity contribution in [3.05, 3.63) is 70.9 Å². The summed E-state index contributed by atoms with van der Waals surface area (Å²) in [5, 5.41) is 4.10. The number of benzene rings is 2. The highest BCUT2D eigenvalue weighted by molar-refractivity contribution is 5.98. The first-order valence-electron chi connectivity index (χ1n) is 10.9. The van der Waals surface area contributed by atoms with Gasteiger partial charge in [0.2, 0.25) is 11.8 Å². The molecule has 2 aliphatic rings. The molecule has 0 bridgehead atoms. The average Bonchev–Trinajstić information content (AvgIpc) is 3.17. The van der Waals surface area contributed by atoms with Crippen molar-refractivity contribution in [3.8, 4) is 0 Å². The second-order valence-electron chi connectivity index (χ2n) is 8.84. The van der Waals surface area contributed by atoms with Crippen LogP contribution in [0.15, 0.2) is 48.7 Å². The summed E-state index contributed by atoms with van der Waals surface area (Å²) < 4.78 is 0. The zero-order chi connectivity index (χ0) is 21.5. The van der Waals surface area contributed by atoms with Gasteiger partial charge in [0.1, 0.15) is 12.1 Å². The molecule has 160 valence electrons. The van der Waals surface area contributed by atoms with Gasteiger partial charge in [-0.15, -0.1) is 0 Å². The number of nitrogens with zero attached hydrogens (tertiary/aromatic N) is 2. The van der Waals surface area contributed by atoms with Crippen LogP contribution in [0, 0.1) is 13.8 Å². The molecule has 2 aliphatic heterocycles. The van der Waals surface area contributed by atoms with Crippen LogP contribution < -0.4 is 5.32 Å². The van der Waals surface area contributed by atoms with Gasteiger partial charge in [0.05, 0.1) is 0 Å². The molecule has 1 aromatic heterocycles. The van der Waals surface area contributed by atoms with Crippen LogP contribution in [-0.2, 0) is 22.6 Å². The number of aromatic amines is 1. The largest absolute Gasteiger partial charge is 0.361 e. The van der Waals surface area contributed by atoms with Crippen molar-refractivity contribution in [2.45, 2.75) is 38.9 Å². The zero-order valence-corrected chi connectivity index (χ0v) is 18.0. The number of H-pyrrole nitrogens is 1. The normalized spacial score (nSPS) is 21.9. The third kappa shape index (κ3) is 3.72. The molecule has 2 amide bonds. The topological polar surface area (TPSA) is 68.4 Å². The van der Waals surface area contributed by atoms with E-state index < -0.39 is 12.1 Å². The van der Waals surface area contributed by atoms with Gasteiger partial charge in [-0.3, -0.25) is 14.5 Å². The second-order valence-corrected chi connectivity index (χ2v) is 8.84. The lowest BCUT2D eigenvalue weighted by Crippen LogP contribution is -2.69. The maximum Gasteiger partial charge on any atom is 0.246 e. The first kappa shape index (κ1) is 19.8. The van der Waals surface area contributed by atoms with Gasteiger partial charge in [-0.2, -0.15) is 0 Å². The lowest BCUT2D eigenvalue weighted by atomic mass is 9.98. The molecular formula is C25H28N4O2. The highest BCUT2D eigenvalue weighted by atomic mass is 16.2. The second kappa shape index (κ2) is 7.85. The number of carbonyl (C=O) groups is 2. The Bertz CT molecular complexity index is 1150. The van der Waals surface area contributed by atoms with Crippen molar-refractivity contribution in [1.82, 2.24) is 20.1 Å². The van der Waals surface area contributed by atoms with E-state index in [2.05, 4.69) is 47.2 Å². The highest BCUT2D eigenvalue weighted by Gasteiger charge is 2.43. The summed E-state index contributed by atoms with van der Waals surface area (Å²) in [5.74, 6) is -0.0178. The predicted molar refractivity (Wildman–Crippen MR) is 121 cm³/mol. The first-order valence-corrected chi connectivity index (χ1v) is 10.9. The quantitative estimate of drug-likeness (QED) is 0.687. The van der Waals surface area contributed by atoms with Crippen LogP contribution in [0.5, 0.6) is 0 Å². The number of hydrogen-bond donors (Lipinski definition) is 2. The fourth-order valence-corrected chi connectivity index (χ4v) is 4.92. The minimum Gasteiger partial charge on any atom is -0.361 e. The Morgan fingerprint density at radius 3 is 2.71 bits per heavy atom. The number of aromatic nitrogens is 1. The standard InChI is InChI=1S/C25H28N4O2/c1-16-7-8-18(17(2)11-16)14-28-9-10-29-23(15-28)24(30)27-22(25(29)31)12-19-13-26-21-6-4-3-5-20(19)21/h3-8,11,13,22-23,26H,9-10,12,14-15H2,1-2H3,(H,27,30)/t22-,23+/m0/s1. The molecule has 3 aromatic rings. The molecule has 3 heterocycles. The van der Waals surface area contributed by atoms with Gasteiger partial charge in [-0.25, -0.2) is 0 Å². The van der Waals surface area contributed by atoms with E-state index in [-0.39, 0.29) is 11.8 Å². The van der Waals surface area contributed by atoms with Crippen LogP contribution in [-0.4, -0.2) is 58.3 Å². The number of carbonyl (C=O) groups excluding carboxylic acids is 2. The third-order valence-electron chi connectivity index (χ3n) is 6.66. The number of rotatable bonds is 4. The fraction of sp³-hybridized carbons (Fsp3) is 0.360. The average molecular weight is 417 g/mol. The number of aryl methyl sites for hydroxylation is 2. The molecule has 2 fully saturated rings.